The van der Waals surface area contributed by atoms with Gasteiger partial charge in [0.2, 0.25) is 0 Å². The lowest BCUT2D eigenvalue weighted by molar-refractivity contribution is 1.18. The number of rotatable bonds is 5. The van der Waals surface area contributed by atoms with Gasteiger partial charge in [0.1, 0.15) is 0 Å². The van der Waals surface area contributed by atoms with Gasteiger partial charge in [0, 0.05) is 40.8 Å². The van der Waals surface area contributed by atoms with E-state index in [1.807, 2.05) is 18.5 Å². The minimum atomic E-state index is 0.702. The van der Waals surface area contributed by atoms with Crippen molar-refractivity contribution in [3.63, 3.8) is 0 Å². The molecule has 0 atom stereocenters. The fourth-order valence-corrected chi connectivity index (χ4v) is 5.99. The van der Waals surface area contributed by atoms with Crippen molar-refractivity contribution in [1.29, 1.82) is 0 Å². The molecular formula is C41H27N3. The summed E-state index contributed by atoms with van der Waals surface area (Å²) in [5.74, 6) is 0.702. The van der Waals surface area contributed by atoms with E-state index < -0.39 is 0 Å². The molecule has 0 bridgehead atoms. The van der Waals surface area contributed by atoms with Gasteiger partial charge in [-0.05, 0) is 68.1 Å². The summed E-state index contributed by atoms with van der Waals surface area (Å²) in [5, 5.41) is 4.82. The lowest BCUT2D eigenvalue weighted by atomic mass is 9.93. The van der Waals surface area contributed by atoms with Crippen LogP contribution in [0, 0.1) is 0 Å². The Bertz CT molecular complexity index is 2280. The monoisotopic (exact) mass is 561 g/mol. The summed E-state index contributed by atoms with van der Waals surface area (Å²) < 4.78 is 0. The van der Waals surface area contributed by atoms with Crippen LogP contribution in [0.2, 0.25) is 0 Å². The molecule has 8 aromatic rings. The Kier molecular flexibility index (Phi) is 6.47. The van der Waals surface area contributed by atoms with E-state index in [1.54, 1.807) is 6.20 Å². The highest BCUT2D eigenvalue weighted by atomic mass is 14.9. The van der Waals surface area contributed by atoms with E-state index in [-0.39, 0.29) is 0 Å². The summed E-state index contributed by atoms with van der Waals surface area (Å²) in [6, 6.07) is 51.1. The molecule has 0 fully saturated rings. The van der Waals surface area contributed by atoms with Gasteiger partial charge in [0.05, 0.1) is 5.69 Å². The summed E-state index contributed by atoms with van der Waals surface area (Å²) in [6.07, 6.45) is 5.67. The topological polar surface area (TPSA) is 38.7 Å². The molecule has 6 aromatic carbocycles. The highest BCUT2D eigenvalue weighted by Crippen LogP contribution is 2.37. The summed E-state index contributed by atoms with van der Waals surface area (Å²) >= 11 is 0. The van der Waals surface area contributed by atoms with Crippen LogP contribution in [-0.2, 0) is 0 Å². The number of fused-ring (bicyclic) bond motifs is 2. The van der Waals surface area contributed by atoms with Crippen LogP contribution in [0.4, 0.5) is 0 Å². The molecule has 0 aliphatic rings. The second-order valence-electron chi connectivity index (χ2n) is 10.9. The Hall–Kier alpha value is -5.93. The Morgan fingerprint density at radius 3 is 1.93 bits per heavy atom. The first-order valence-corrected chi connectivity index (χ1v) is 14.8. The highest BCUT2D eigenvalue weighted by Gasteiger charge is 2.15. The predicted molar refractivity (Wildman–Crippen MR) is 182 cm³/mol. The van der Waals surface area contributed by atoms with Gasteiger partial charge < -0.3 is 0 Å². The quantitative estimate of drug-likeness (QED) is 0.210. The van der Waals surface area contributed by atoms with Gasteiger partial charge >= 0.3 is 0 Å². The fraction of sp³-hybridized carbons (Fsp3) is 0. The number of nitrogens with zero attached hydrogens (tertiary/aromatic N) is 3. The summed E-state index contributed by atoms with van der Waals surface area (Å²) in [6.45, 7) is 0. The van der Waals surface area contributed by atoms with Crippen LogP contribution in [0.5, 0.6) is 0 Å². The van der Waals surface area contributed by atoms with Crippen molar-refractivity contribution in [3.8, 4) is 56.0 Å². The average molecular weight is 562 g/mol. The van der Waals surface area contributed by atoms with Crippen molar-refractivity contribution in [2.24, 2.45) is 0 Å². The molecule has 3 heteroatoms. The van der Waals surface area contributed by atoms with Crippen molar-refractivity contribution in [1.82, 2.24) is 15.0 Å². The van der Waals surface area contributed by atoms with Crippen LogP contribution in [0.1, 0.15) is 0 Å². The van der Waals surface area contributed by atoms with E-state index in [1.165, 1.54) is 27.1 Å². The maximum absolute atomic E-state index is 5.27. The molecule has 0 saturated carbocycles. The third-order valence-corrected chi connectivity index (χ3v) is 8.20. The van der Waals surface area contributed by atoms with Gasteiger partial charge in [-0.15, -0.1) is 0 Å². The summed E-state index contributed by atoms with van der Waals surface area (Å²) in [4.78, 5) is 14.5. The van der Waals surface area contributed by atoms with E-state index in [4.69, 9.17) is 9.97 Å². The largest absolute Gasteiger partial charge is 0.264 e. The molecule has 8 rings (SSSR count). The normalized spacial score (nSPS) is 11.2. The molecule has 0 amide bonds. The molecule has 0 unspecified atom stereocenters. The molecule has 0 spiro atoms. The Morgan fingerprint density at radius 1 is 0.386 bits per heavy atom. The molecule has 44 heavy (non-hydrogen) atoms. The fourth-order valence-electron chi connectivity index (χ4n) is 5.99. The standard InChI is InChI=1S/C41H27N3/c1-2-11-30-24-35(21-20-28(30)9-1)41-43-27-39(33-15-5-13-31(23-33)36-17-8-22-42-26-36)40(44-41)34-16-6-14-32(25-34)38-19-7-12-29-10-3-4-18-37(29)38/h1-27H. The van der Waals surface area contributed by atoms with Gasteiger partial charge in [-0.1, -0.05) is 121 Å². The maximum Gasteiger partial charge on any atom is 0.159 e. The number of hydrogen-bond donors (Lipinski definition) is 0. The molecule has 206 valence electrons. The van der Waals surface area contributed by atoms with E-state index >= 15 is 0 Å². The SMILES string of the molecule is c1cncc(-c2cccc(-c3cnc(-c4ccc5ccccc5c4)nc3-c3cccc(-c4cccc5ccccc45)c3)c2)c1. The number of aromatic nitrogens is 3. The molecule has 2 aromatic heterocycles. The van der Waals surface area contributed by atoms with Crippen LogP contribution in [0.3, 0.4) is 0 Å². The van der Waals surface area contributed by atoms with E-state index in [2.05, 4.69) is 145 Å². The molecule has 0 N–H and O–H groups in total. The number of pyridine rings is 1. The van der Waals surface area contributed by atoms with Crippen LogP contribution in [0.15, 0.2) is 164 Å². The maximum atomic E-state index is 5.27. The molecular weight excluding hydrogens is 534 g/mol. The predicted octanol–water partition coefficient (Wildman–Crippen LogP) is 10.5. The number of hydrogen-bond acceptors (Lipinski definition) is 3. The molecule has 0 aliphatic heterocycles. The molecule has 0 saturated heterocycles. The summed E-state index contributed by atoms with van der Waals surface area (Å²) in [7, 11) is 0. The Balaban J connectivity index is 1.31. The van der Waals surface area contributed by atoms with Crippen LogP contribution in [0.25, 0.3) is 77.6 Å². The molecule has 3 nitrogen and oxygen atoms in total. The van der Waals surface area contributed by atoms with Crippen LogP contribution in [-0.4, -0.2) is 15.0 Å². The van der Waals surface area contributed by atoms with Gasteiger partial charge in [-0.3, -0.25) is 4.98 Å². The van der Waals surface area contributed by atoms with Crippen molar-refractivity contribution in [2.75, 3.05) is 0 Å². The van der Waals surface area contributed by atoms with Crippen LogP contribution >= 0.6 is 0 Å². The van der Waals surface area contributed by atoms with Crippen molar-refractivity contribution < 1.29 is 0 Å². The lowest BCUT2D eigenvalue weighted by Gasteiger charge is -2.14. The zero-order valence-corrected chi connectivity index (χ0v) is 23.9. The van der Waals surface area contributed by atoms with Gasteiger partial charge in [-0.25, -0.2) is 9.97 Å². The van der Waals surface area contributed by atoms with Crippen molar-refractivity contribution in [2.45, 2.75) is 0 Å². The summed E-state index contributed by atoms with van der Waals surface area (Å²) in [5.41, 5.74) is 9.50. The Labute approximate surface area is 256 Å². The third-order valence-electron chi connectivity index (χ3n) is 8.20. The van der Waals surface area contributed by atoms with E-state index in [9.17, 15) is 0 Å². The van der Waals surface area contributed by atoms with E-state index in [0.717, 1.165) is 44.6 Å². The third kappa shape index (κ3) is 4.81. The second-order valence-corrected chi connectivity index (χ2v) is 10.9. The van der Waals surface area contributed by atoms with Gasteiger partial charge in [0.25, 0.3) is 0 Å². The highest BCUT2D eigenvalue weighted by molar-refractivity contribution is 5.97. The first-order chi connectivity index (χ1) is 21.8. The van der Waals surface area contributed by atoms with Crippen molar-refractivity contribution in [3.05, 3.63) is 164 Å². The zero-order chi connectivity index (χ0) is 29.3. The molecule has 0 aliphatic carbocycles. The first kappa shape index (κ1) is 25.8. The number of benzene rings is 6. The Morgan fingerprint density at radius 2 is 1.07 bits per heavy atom. The average Bonchev–Trinajstić information content (AvgIpc) is 3.11. The lowest BCUT2D eigenvalue weighted by Crippen LogP contribution is -1.97. The molecule has 2 heterocycles. The van der Waals surface area contributed by atoms with Gasteiger partial charge in [0.15, 0.2) is 5.82 Å². The minimum absolute atomic E-state index is 0.702. The second kappa shape index (κ2) is 11.0. The molecule has 0 radical (unpaired) electrons. The smallest absolute Gasteiger partial charge is 0.159 e. The van der Waals surface area contributed by atoms with Crippen molar-refractivity contribution >= 4 is 21.5 Å². The van der Waals surface area contributed by atoms with E-state index in [0.29, 0.717) is 5.82 Å². The first-order valence-electron chi connectivity index (χ1n) is 14.8. The van der Waals surface area contributed by atoms with Crippen LogP contribution < -0.4 is 0 Å². The zero-order valence-electron chi connectivity index (χ0n) is 23.9. The van der Waals surface area contributed by atoms with Gasteiger partial charge in [-0.2, -0.15) is 0 Å². The minimum Gasteiger partial charge on any atom is -0.264 e.